The van der Waals surface area contributed by atoms with Crippen molar-refractivity contribution in [2.75, 3.05) is 5.32 Å². The van der Waals surface area contributed by atoms with Crippen molar-refractivity contribution in [1.29, 1.82) is 0 Å². The molecule has 2 heterocycles. The summed E-state index contributed by atoms with van der Waals surface area (Å²) in [4.78, 5) is 0. The van der Waals surface area contributed by atoms with Crippen LogP contribution >= 0.6 is 12.4 Å². The summed E-state index contributed by atoms with van der Waals surface area (Å²) in [5, 5.41) is 10.9. The fourth-order valence-corrected chi connectivity index (χ4v) is 1.72. The van der Waals surface area contributed by atoms with Crippen LogP contribution in [0.3, 0.4) is 0 Å². The van der Waals surface area contributed by atoms with Gasteiger partial charge >= 0.3 is 6.55 Å². The van der Waals surface area contributed by atoms with Gasteiger partial charge in [0, 0.05) is 18.8 Å². The monoisotopic (exact) mass is 291 g/mol. The fourth-order valence-electron chi connectivity index (χ4n) is 1.72. The summed E-state index contributed by atoms with van der Waals surface area (Å²) in [5.41, 5.74) is 2.10. The van der Waals surface area contributed by atoms with Gasteiger partial charge in [0.25, 0.3) is 0 Å². The predicted molar refractivity (Wildman–Crippen MR) is 70.7 cm³/mol. The minimum Gasteiger partial charge on any atom is -0.363 e. The van der Waals surface area contributed by atoms with Gasteiger partial charge in [-0.25, -0.2) is 4.68 Å². The number of hydrogen-bond acceptors (Lipinski definition) is 3. The molecule has 0 saturated carbocycles. The maximum absolute atomic E-state index is 12.3. The summed E-state index contributed by atoms with van der Waals surface area (Å²) in [7, 11) is 0. The van der Waals surface area contributed by atoms with Gasteiger partial charge in [-0.15, -0.1) is 12.4 Å². The van der Waals surface area contributed by atoms with Crippen molar-refractivity contribution in [2.45, 2.75) is 33.5 Å². The molecular weight excluding hydrogens is 276 g/mol. The van der Waals surface area contributed by atoms with Gasteiger partial charge in [-0.1, -0.05) is 0 Å². The van der Waals surface area contributed by atoms with E-state index in [-0.39, 0.29) is 12.4 Å². The van der Waals surface area contributed by atoms with Gasteiger partial charge in [0.1, 0.15) is 5.82 Å². The summed E-state index contributed by atoms with van der Waals surface area (Å²) >= 11 is 0. The molecule has 5 nitrogen and oxygen atoms in total. The van der Waals surface area contributed by atoms with E-state index in [1.165, 1.54) is 12.3 Å². The van der Waals surface area contributed by atoms with Crippen LogP contribution in [0.25, 0.3) is 0 Å². The number of anilines is 1. The van der Waals surface area contributed by atoms with Crippen LogP contribution in [0.2, 0.25) is 0 Å². The third kappa shape index (κ3) is 3.44. The number of halogens is 3. The van der Waals surface area contributed by atoms with Gasteiger partial charge in [0.2, 0.25) is 0 Å². The van der Waals surface area contributed by atoms with E-state index in [4.69, 9.17) is 0 Å². The third-order valence-corrected chi connectivity index (χ3v) is 2.70. The van der Waals surface area contributed by atoms with Crippen LogP contribution < -0.4 is 5.32 Å². The maximum atomic E-state index is 12.3. The molecule has 0 aliphatic heterocycles. The minimum absolute atomic E-state index is 0. The topological polar surface area (TPSA) is 47.7 Å². The molecule has 8 heteroatoms. The molecule has 2 rings (SSSR count). The van der Waals surface area contributed by atoms with E-state index in [9.17, 15) is 8.78 Å². The number of aromatic nitrogens is 4. The fraction of sp³-hybridized carbons (Fsp3) is 0.455. The van der Waals surface area contributed by atoms with Gasteiger partial charge in [-0.3, -0.25) is 4.68 Å². The first-order valence-corrected chi connectivity index (χ1v) is 5.70. The Morgan fingerprint density at radius 3 is 2.74 bits per heavy atom. The zero-order valence-electron chi connectivity index (χ0n) is 10.7. The molecule has 2 aromatic heterocycles. The molecule has 2 aromatic rings. The largest absolute Gasteiger partial charge is 0.363 e. The summed E-state index contributed by atoms with van der Waals surface area (Å²) in [6.45, 7) is 2.65. The molecule has 1 N–H and O–H groups in total. The molecule has 0 amide bonds. The van der Waals surface area contributed by atoms with Crippen LogP contribution in [-0.2, 0) is 13.1 Å². The van der Waals surface area contributed by atoms with Crippen molar-refractivity contribution < 1.29 is 8.78 Å². The molecular formula is C11H16ClF2N5. The number of nitrogens with one attached hydrogen (secondary N) is 1. The van der Waals surface area contributed by atoms with Crippen LogP contribution in [0, 0.1) is 6.92 Å². The van der Waals surface area contributed by atoms with Crippen LogP contribution in [0.15, 0.2) is 18.5 Å². The van der Waals surface area contributed by atoms with E-state index in [0.29, 0.717) is 17.0 Å². The lowest BCUT2D eigenvalue weighted by molar-refractivity contribution is 0.0569. The van der Waals surface area contributed by atoms with E-state index in [2.05, 4.69) is 15.5 Å². The molecule has 0 radical (unpaired) electrons. The van der Waals surface area contributed by atoms with Gasteiger partial charge in [0.05, 0.1) is 18.4 Å². The first-order valence-electron chi connectivity index (χ1n) is 5.70. The van der Waals surface area contributed by atoms with E-state index < -0.39 is 6.55 Å². The van der Waals surface area contributed by atoms with E-state index in [1.54, 1.807) is 6.20 Å². The van der Waals surface area contributed by atoms with Crippen molar-refractivity contribution in [1.82, 2.24) is 19.6 Å². The Hall–Kier alpha value is -1.63. The zero-order chi connectivity index (χ0) is 13.1. The Bertz CT molecular complexity index is 523. The lowest BCUT2D eigenvalue weighted by Gasteiger charge is -2.07. The number of aryl methyl sites for hydroxylation is 2. The summed E-state index contributed by atoms with van der Waals surface area (Å²) < 4.78 is 27.2. The molecule has 0 unspecified atom stereocenters. The highest BCUT2D eigenvalue weighted by Crippen LogP contribution is 2.13. The number of hydrogen-bond donors (Lipinski definition) is 1. The first kappa shape index (κ1) is 15.4. The Kier molecular flexibility index (Phi) is 5.29. The molecule has 19 heavy (non-hydrogen) atoms. The molecule has 0 aromatic carbocycles. The average Bonchev–Trinajstić information content (AvgIpc) is 2.93. The zero-order valence-corrected chi connectivity index (χ0v) is 11.5. The van der Waals surface area contributed by atoms with Gasteiger partial charge in [-0.2, -0.15) is 19.0 Å². The standard InChI is InChI=1S/C11H15F2N5.ClH/c1-3-17-9(8(2)6-15-17)7-14-10-4-5-18(16-10)11(12)13;/h4-6,11H,3,7H2,1-2H3,(H,14,16);1H. The van der Waals surface area contributed by atoms with Crippen molar-refractivity contribution in [2.24, 2.45) is 0 Å². The van der Waals surface area contributed by atoms with E-state index in [1.807, 2.05) is 18.5 Å². The highest BCUT2D eigenvalue weighted by molar-refractivity contribution is 5.85. The Morgan fingerprint density at radius 2 is 2.16 bits per heavy atom. The Labute approximate surface area is 116 Å². The third-order valence-electron chi connectivity index (χ3n) is 2.70. The number of rotatable bonds is 5. The molecule has 106 valence electrons. The summed E-state index contributed by atoms with van der Waals surface area (Å²) in [5.74, 6) is 0.429. The number of nitrogens with zero attached hydrogens (tertiary/aromatic N) is 4. The Balaban J connectivity index is 0.00000180. The minimum atomic E-state index is -2.61. The van der Waals surface area contributed by atoms with Crippen molar-refractivity contribution >= 4 is 18.2 Å². The smallest absolute Gasteiger partial charge is 0.333 e. The second kappa shape index (κ2) is 6.51. The van der Waals surface area contributed by atoms with Crippen molar-refractivity contribution in [3.05, 3.63) is 29.7 Å². The van der Waals surface area contributed by atoms with Crippen molar-refractivity contribution in [3.63, 3.8) is 0 Å². The second-order valence-electron chi connectivity index (χ2n) is 3.90. The predicted octanol–water partition coefficient (Wildman–Crippen LogP) is 2.84. The summed E-state index contributed by atoms with van der Waals surface area (Å²) in [6.07, 6.45) is 3.04. The van der Waals surface area contributed by atoms with Gasteiger partial charge in [-0.05, 0) is 19.4 Å². The molecule has 0 fully saturated rings. The second-order valence-corrected chi connectivity index (χ2v) is 3.90. The molecule has 0 spiro atoms. The van der Waals surface area contributed by atoms with E-state index in [0.717, 1.165) is 17.8 Å². The highest BCUT2D eigenvalue weighted by Gasteiger charge is 2.09. The quantitative estimate of drug-likeness (QED) is 0.921. The van der Waals surface area contributed by atoms with Gasteiger partial charge in [0.15, 0.2) is 0 Å². The lowest BCUT2D eigenvalue weighted by atomic mass is 10.3. The molecule has 0 aliphatic carbocycles. The van der Waals surface area contributed by atoms with E-state index >= 15 is 0 Å². The van der Waals surface area contributed by atoms with Gasteiger partial charge < -0.3 is 5.32 Å². The normalized spacial score (nSPS) is 10.6. The molecule has 0 atom stereocenters. The lowest BCUT2D eigenvalue weighted by Crippen LogP contribution is -2.09. The SMILES string of the molecule is CCn1ncc(C)c1CNc1ccn(C(F)F)n1.Cl. The van der Waals surface area contributed by atoms with Crippen LogP contribution in [-0.4, -0.2) is 19.6 Å². The molecule has 0 bridgehead atoms. The number of alkyl halides is 2. The first-order chi connectivity index (χ1) is 8.61. The highest BCUT2D eigenvalue weighted by atomic mass is 35.5. The molecule has 0 saturated heterocycles. The maximum Gasteiger partial charge on any atom is 0.333 e. The average molecular weight is 292 g/mol. The summed E-state index contributed by atoms with van der Waals surface area (Å²) in [6, 6.07) is 1.52. The van der Waals surface area contributed by atoms with Crippen LogP contribution in [0.5, 0.6) is 0 Å². The molecule has 0 aliphatic rings. The Morgan fingerprint density at radius 1 is 1.42 bits per heavy atom. The van der Waals surface area contributed by atoms with Crippen LogP contribution in [0.4, 0.5) is 14.6 Å². The van der Waals surface area contributed by atoms with Crippen LogP contribution in [0.1, 0.15) is 24.7 Å². The van der Waals surface area contributed by atoms with Crippen molar-refractivity contribution in [3.8, 4) is 0 Å².